The average Bonchev–Trinajstić information content (AvgIpc) is 2.66. The second-order valence-electron chi connectivity index (χ2n) is 8.94. The first kappa shape index (κ1) is 23.3. The Hall–Kier alpha value is -2.37. The van der Waals surface area contributed by atoms with Crippen LogP contribution in [0.1, 0.15) is 43.2 Å². The molecule has 164 valence electrons. The third-order valence-electron chi connectivity index (χ3n) is 5.13. The summed E-state index contributed by atoms with van der Waals surface area (Å²) in [5.41, 5.74) is 5.15. The van der Waals surface area contributed by atoms with Crippen LogP contribution in [0.15, 0.2) is 53.4 Å². The van der Waals surface area contributed by atoms with Gasteiger partial charge in [0.15, 0.2) is 0 Å². The van der Waals surface area contributed by atoms with Crippen LogP contribution in [0.2, 0.25) is 5.02 Å². The molecule has 0 aliphatic carbocycles. The van der Waals surface area contributed by atoms with Crippen molar-refractivity contribution in [3.05, 3.63) is 75.9 Å². The first-order chi connectivity index (χ1) is 14.4. The van der Waals surface area contributed by atoms with Gasteiger partial charge in [0.1, 0.15) is 17.3 Å². The molecule has 0 fully saturated rings. The van der Waals surface area contributed by atoms with Gasteiger partial charge in [0.25, 0.3) is 0 Å². The highest BCUT2D eigenvalue weighted by Crippen LogP contribution is 2.37. The highest BCUT2D eigenvalue weighted by atomic mass is 35.5. The molecule has 0 saturated carbocycles. The van der Waals surface area contributed by atoms with E-state index < -0.39 is 9.73 Å². The molecule has 31 heavy (non-hydrogen) atoms. The van der Waals surface area contributed by atoms with E-state index in [0.29, 0.717) is 33.7 Å². The van der Waals surface area contributed by atoms with Gasteiger partial charge >= 0.3 is 0 Å². The van der Waals surface area contributed by atoms with Crippen molar-refractivity contribution in [2.45, 2.75) is 51.5 Å². The molecule has 0 radical (unpaired) electrons. The molecule has 4 nitrogen and oxygen atoms in total. The highest BCUT2D eigenvalue weighted by molar-refractivity contribution is 7.91. The molecule has 3 rings (SSSR count). The van der Waals surface area contributed by atoms with E-state index in [1.165, 1.54) is 6.26 Å². The van der Waals surface area contributed by atoms with Crippen LogP contribution in [0.5, 0.6) is 5.75 Å². The van der Waals surface area contributed by atoms with Gasteiger partial charge in [0.2, 0.25) is 0 Å². The third-order valence-corrected chi connectivity index (χ3v) is 6.72. The topological polar surface area (TPSA) is 63.0 Å². The van der Waals surface area contributed by atoms with Crippen molar-refractivity contribution in [3.63, 3.8) is 0 Å². The van der Waals surface area contributed by atoms with E-state index in [1.54, 1.807) is 13.0 Å². The monoisotopic (exact) mass is 456 g/mol. The molecule has 6 heteroatoms. The summed E-state index contributed by atoms with van der Waals surface area (Å²) in [6.45, 7) is 10.5. The maximum Gasteiger partial charge on any atom is 0.140 e. The van der Waals surface area contributed by atoms with Crippen molar-refractivity contribution in [1.82, 2.24) is 4.98 Å². The van der Waals surface area contributed by atoms with Crippen molar-refractivity contribution >= 4 is 21.3 Å². The molecule has 0 bridgehead atoms. The Bertz CT molecular complexity index is 1210. The van der Waals surface area contributed by atoms with Gasteiger partial charge in [0, 0.05) is 22.9 Å². The zero-order valence-electron chi connectivity index (χ0n) is 18.9. The van der Waals surface area contributed by atoms with Gasteiger partial charge < -0.3 is 4.74 Å². The van der Waals surface area contributed by atoms with Crippen LogP contribution in [0, 0.1) is 18.6 Å². The van der Waals surface area contributed by atoms with Crippen molar-refractivity contribution in [1.29, 1.82) is 4.78 Å². The Morgan fingerprint density at radius 3 is 2.32 bits per heavy atom. The molecule has 1 heterocycles. The predicted molar refractivity (Wildman–Crippen MR) is 129 cm³/mol. The number of nitrogens with zero attached hydrogens (tertiary/aromatic N) is 1. The first-order valence-corrected chi connectivity index (χ1v) is 12.5. The second-order valence-corrected chi connectivity index (χ2v) is 11.4. The molecule has 1 atom stereocenters. The van der Waals surface area contributed by atoms with E-state index in [9.17, 15) is 4.21 Å². The van der Waals surface area contributed by atoms with Crippen LogP contribution in [-0.4, -0.2) is 15.4 Å². The minimum atomic E-state index is -3.03. The van der Waals surface area contributed by atoms with Gasteiger partial charge in [0.05, 0.1) is 21.1 Å². The van der Waals surface area contributed by atoms with Crippen LogP contribution in [0.25, 0.3) is 11.3 Å². The Kier molecular flexibility index (Phi) is 6.49. The summed E-state index contributed by atoms with van der Waals surface area (Å²) in [6, 6.07) is 15.6. The van der Waals surface area contributed by atoms with Crippen LogP contribution in [0.4, 0.5) is 0 Å². The summed E-state index contributed by atoms with van der Waals surface area (Å²) >= 11 is 6.63. The summed E-state index contributed by atoms with van der Waals surface area (Å²) < 4.78 is 26.9. The second kappa shape index (κ2) is 8.64. The number of halogens is 1. The Labute approximate surface area is 190 Å². The summed E-state index contributed by atoms with van der Waals surface area (Å²) in [7, 11) is -3.03. The number of hydrogen-bond donors (Lipinski definition) is 1. The maximum absolute atomic E-state index is 12.7. The number of rotatable bonds is 5. The Morgan fingerprint density at radius 2 is 1.74 bits per heavy atom. The van der Waals surface area contributed by atoms with Gasteiger partial charge in [-0.2, -0.15) is 0 Å². The molecule has 1 aromatic heterocycles. The molecular formula is C25H29ClN2O2S. The van der Waals surface area contributed by atoms with Gasteiger partial charge in [-0.05, 0) is 42.0 Å². The van der Waals surface area contributed by atoms with Crippen molar-refractivity contribution < 1.29 is 8.95 Å². The quantitative estimate of drug-likeness (QED) is 0.452. The molecule has 1 unspecified atom stereocenters. The SMILES string of the molecule is Cc1cc(C(C)(C)C)c(Cl)cc1-c1cc(OCc2ccccc2)c(S(C)(=N)=O)c(C)n1. The van der Waals surface area contributed by atoms with Gasteiger partial charge in [-0.25, -0.2) is 8.99 Å². The molecule has 0 aliphatic rings. The molecule has 0 amide bonds. The lowest BCUT2D eigenvalue weighted by atomic mass is 9.85. The number of hydrogen-bond acceptors (Lipinski definition) is 4. The fourth-order valence-electron chi connectivity index (χ4n) is 3.62. The number of aromatic nitrogens is 1. The number of aryl methyl sites for hydroxylation is 2. The molecule has 0 saturated heterocycles. The lowest BCUT2D eigenvalue weighted by Crippen LogP contribution is -2.12. The molecule has 0 spiro atoms. The van der Waals surface area contributed by atoms with Gasteiger partial charge in [-0.1, -0.05) is 68.8 Å². The summed E-state index contributed by atoms with van der Waals surface area (Å²) in [6.07, 6.45) is 1.40. The number of pyridine rings is 1. The third kappa shape index (κ3) is 5.28. The highest BCUT2D eigenvalue weighted by Gasteiger charge is 2.22. The van der Waals surface area contributed by atoms with Gasteiger partial charge in [-0.3, -0.25) is 4.98 Å². The molecule has 1 N–H and O–H groups in total. The molecular weight excluding hydrogens is 428 g/mol. The molecule has 0 aliphatic heterocycles. The predicted octanol–water partition coefficient (Wildman–Crippen LogP) is 6.93. The van der Waals surface area contributed by atoms with Gasteiger partial charge in [-0.15, -0.1) is 0 Å². The zero-order chi connectivity index (χ0) is 23.0. The fraction of sp³-hybridized carbons (Fsp3) is 0.320. The first-order valence-electron chi connectivity index (χ1n) is 10.1. The van der Waals surface area contributed by atoms with Crippen LogP contribution < -0.4 is 4.74 Å². The minimum absolute atomic E-state index is 0.0729. The Morgan fingerprint density at radius 1 is 1.10 bits per heavy atom. The minimum Gasteiger partial charge on any atom is -0.487 e. The van der Waals surface area contributed by atoms with Crippen LogP contribution in [-0.2, 0) is 21.8 Å². The summed E-state index contributed by atoms with van der Waals surface area (Å²) in [5.74, 6) is 0.421. The average molecular weight is 457 g/mol. The standard InChI is InChI=1S/C25H29ClN2O2S/c1-16-12-20(25(3,4)5)21(26)13-19(16)22-14-23(24(17(2)28-22)31(6,27)29)30-15-18-10-8-7-9-11-18/h7-14,27H,15H2,1-6H3. The lowest BCUT2D eigenvalue weighted by Gasteiger charge is -2.23. The van der Waals surface area contributed by atoms with Crippen molar-refractivity contribution in [3.8, 4) is 17.0 Å². The normalized spacial score (nSPS) is 13.6. The van der Waals surface area contributed by atoms with E-state index in [-0.39, 0.29) is 5.41 Å². The molecule has 3 aromatic rings. The molecule has 2 aromatic carbocycles. The van der Waals surface area contributed by atoms with E-state index >= 15 is 0 Å². The number of ether oxygens (including phenoxy) is 1. The van der Waals surface area contributed by atoms with Crippen LogP contribution >= 0.6 is 11.6 Å². The largest absolute Gasteiger partial charge is 0.487 e. The zero-order valence-corrected chi connectivity index (χ0v) is 20.4. The van der Waals surface area contributed by atoms with Crippen molar-refractivity contribution in [2.24, 2.45) is 0 Å². The maximum atomic E-state index is 12.7. The number of benzene rings is 2. The van der Waals surface area contributed by atoms with E-state index in [1.807, 2.05) is 43.3 Å². The fourth-order valence-corrected chi connectivity index (χ4v) is 5.18. The van der Waals surface area contributed by atoms with E-state index in [0.717, 1.165) is 22.3 Å². The van der Waals surface area contributed by atoms with E-state index in [4.69, 9.17) is 21.1 Å². The van der Waals surface area contributed by atoms with Crippen LogP contribution in [0.3, 0.4) is 0 Å². The summed E-state index contributed by atoms with van der Waals surface area (Å²) in [4.78, 5) is 5.02. The summed E-state index contributed by atoms with van der Waals surface area (Å²) in [5, 5.41) is 0.683. The Balaban J connectivity index is 2.13. The van der Waals surface area contributed by atoms with E-state index in [2.05, 4.69) is 31.8 Å². The number of nitrogens with one attached hydrogen (secondary N) is 1. The van der Waals surface area contributed by atoms with Crippen molar-refractivity contribution in [2.75, 3.05) is 6.26 Å². The smallest absolute Gasteiger partial charge is 0.140 e. The lowest BCUT2D eigenvalue weighted by molar-refractivity contribution is 0.297.